The number of nitrogens with zero attached hydrogens (tertiary/aromatic N) is 1. The summed E-state index contributed by atoms with van der Waals surface area (Å²) in [4.78, 5) is 3.01. The normalized spacial score (nSPS) is 10.7. The SMILES string of the molecule is COc1cc(CO)c(C(F)F)nc1F. The molecule has 3 nitrogen and oxygen atoms in total. The van der Waals surface area contributed by atoms with Crippen molar-refractivity contribution in [1.82, 2.24) is 4.98 Å². The molecule has 0 aliphatic rings. The van der Waals surface area contributed by atoms with Crippen LogP contribution in [0.1, 0.15) is 17.7 Å². The van der Waals surface area contributed by atoms with Crippen LogP contribution in [0.2, 0.25) is 0 Å². The molecule has 78 valence electrons. The topological polar surface area (TPSA) is 42.4 Å². The average molecular weight is 207 g/mol. The summed E-state index contributed by atoms with van der Waals surface area (Å²) in [5.41, 5.74) is -0.899. The molecule has 1 aromatic rings. The lowest BCUT2D eigenvalue weighted by Gasteiger charge is -2.08. The van der Waals surface area contributed by atoms with Gasteiger partial charge in [-0.05, 0) is 6.07 Å². The molecule has 0 atom stereocenters. The van der Waals surface area contributed by atoms with Crippen molar-refractivity contribution in [3.05, 3.63) is 23.3 Å². The van der Waals surface area contributed by atoms with Crippen LogP contribution in [0.25, 0.3) is 0 Å². The number of pyridine rings is 1. The van der Waals surface area contributed by atoms with E-state index in [1.54, 1.807) is 0 Å². The summed E-state index contributed by atoms with van der Waals surface area (Å²) in [5, 5.41) is 8.73. The van der Waals surface area contributed by atoms with Crippen LogP contribution >= 0.6 is 0 Å². The van der Waals surface area contributed by atoms with Crippen LogP contribution < -0.4 is 4.74 Å². The van der Waals surface area contributed by atoms with Crippen molar-refractivity contribution in [2.45, 2.75) is 13.0 Å². The van der Waals surface area contributed by atoms with Crippen LogP contribution in [0.5, 0.6) is 5.75 Å². The van der Waals surface area contributed by atoms with Crippen LogP contribution in [0, 0.1) is 5.95 Å². The van der Waals surface area contributed by atoms with Crippen LogP contribution in [0.3, 0.4) is 0 Å². The average Bonchev–Trinajstić information content (AvgIpc) is 2.17. The molecule has 0 saturated heterocycles. The Bertz CT molecular complexity index is 331. The maximum Gasteiger partial charge on any atom is 0.280 e. The molecule has 0 aliphatic carbocycles. The van der Waals surface area contributed by atoms with E-state index < -0.39 is 24.7 Å². The van der Waals surface area contributed by atoms with Gasteiger partial charge in [0.2, 0.25) is 0 Å². The van der Waals surface area contributed by atoms with Gasteiger partial charge in [0.1, 0.15) is 5.69 Å². The molecule has 1 N–H and O–H groups in total. The van der Waals surface area contributed by atoms with E-state index >= 15 is 0 Å². The van der Waals surface area contributed by atoms with Crippen LogP contribution in [-0.4, -0.2) is 17.2 Å². The van der Waals surface area contributed by atoms with Gasteiger partial charge in [-0.3, -0.25) is 0 Å². The standard InChI is InChI=1S/C8H8F3NO2/c1-14-5-2-4(3-13)6(7(9)10)12-8(5)11/h2,7,13H,3H2,1H3. The van der Waals surface area contributed by atoms with E-state index in [4.69, 9.17) is 5.11 Å². The number of aliphatic hydroxyl groups is 1. The Balaban J connectivity index is 3.24. The second kappa shape index (κ2) is 4.28. The van der Waals surface area contributed by atoms with E-state index in [-0.39, 0.29) is 11.3 Å². The van der Waals surface area contributed by atoms with Gasteiger partial charge in [-0.2, -0.15) is 4.39 Å². The predicted octanol–water partition coefficient (Wildman–Crippen LogP) is 1.66. The van der Waals surface area contributed by atoms with Crippen LogP contribution in [0.15, 0.2) is 6.07 Å². The number of rotatable bonds is 3. The zero-order valence-corrected chi connectivity index (χ0v) is 7.30. The van der Waals surface area contributed by atoms with Gasteiger partial charge >= 0.3 is 0 Å². The largest absolute Gasteiger partial charge is 0.492 e. The minimum Gasteiger partial charge on any atom is -0.492 e. The Kier molecular flexibility index (Phi) is 3.29. The third kappa shape index (κ3) is 1.95. The molecular formula is C8H8F3NO2. The van der Waals surface area contributed by atoms with E-state index in [9.17, 15) is 13.2 Å². The van der Waals surface area contributed by atoms with Crippen molar-refractivity contribution >= 4 is 0 Å². The molecule has 0 amide bonds. The minimum absolute atomic E-state index is 0.141. The molecular weight excluding hydrogens is 199 g/mol. The van der Waals surface area contributed by atoms with Crippen LogP contribution in [-0.2, 0) is 6.61 Å². The van der Waals surface area contributed by atoms with Crippen LogP contribution in [0.4, 0.5) is 13.2 Å². The van der Waals surface area contributed by atoms with E-state index in [2.05, 4.69) is 9.72 Å². The Morgan fingerprint density at radius 1 is 1.57 bits per heavy atom. The van der Waals surface area contributed by atoms with E-state index in [1.807, 2.05) is 0 Å². The number of halogens is 3. The number of alkyl halides is 2. The van der Waals surface area contributed by atoms with E-state index in [0.29, 0.717) is 0 Å². The monoisotopic (exact) mass is 207 g/mol. The molecule has 0 radical (unpaired) electrons. The minimum atomic E-state index is -2.92. The second-order valence-electron chi connectivity index (χ2n) is 2.48. The Labute approximate surface area is 78.2 Å². The molecule has 14 heavy (non-hydrogen) atoms. The van der Waals surface area contributed by atoms with Gasteiger partial charge in [0.05, 0.1) is 13.7 Å². The Hall–Kier alpha value is -1.30. The Morgan fingerprint density at radius 2 is 2.21 bits per heavy atom. The Morgan fingerprint density at radius 3 is 2.64 bits per heavy atom. The molecule has 0 aromatic carbocycles. The summed E-state index contributed by atoms with van der Waals surface area (Å²) >= 11 is 0. The molecule has 0 saturated carbocycles. The fraction of sp³-hybridized carbons (Fsp3) is 0.375. The lowest BCUT2D eigenvalue weighted by Crippen LogP contribution is -2.03. The maximum absolute atomic E-state index is 12.9. The smallest absolute Gasteiger partial charge is 0.280 e. The molecule has 1 heterocycles. The molecule has 0 fully saturated rings. The van der Waals surface area contributed by atoms with Gasteiger partial charge in [-0.25, -0.2) is 13.8 Å². The summed E-state index contributed by atoms with van der Waals surface area (Å²) in [6.07, 6.45) is -2.92. The van der Waals surface area contributed by atoms with Gasteiger partial charge in [0, 0.05) is 5.56 Å². The van der Waals surface area contributed by atoms with E-state index in [1.165, 1.54) is 7.11 Å². The highest BCUT2D eigenvalue weighted by molar-refractivity contribution is 5.30. The van der Waals surface area contributed by atoms with Crippen molar-refractivity contribution in [1.29, 1.82) is 0 Å². The highest BCUT2D eigenvalue weighted by atomic mass is 19.3. The fourth-order valence-electron chi connectivity index (χ4n) is 0.983. The summed E-state index contributed by atoms with van der Waals surface area (Å²) in [6, 6.07) is 1.00. The third-order valence-corrected chi connectivity index (χ3v) is 1.65. The van der Waals surface area contributed by atoms with Gasteiger partial charge < -0.3 is 9.84 Å². The number of aromatic nitrogens is 1. The zero-order chi connectivity index (χ0) is 10.7. The molecule has 0 spiro atoms. The highest BCUT2D eigenvalue weighted by Crippen LogP contribution is 2.26. The van der Waals surface area contributed by atoms with Crippen molar-refractivity contribution < 1.29 is 23.0 Å². The first kappa shape index (κ1) is 10.8. The molecule has 0 aliphatic heterocycles. The molecule has 1 aromatic heterocycles. The van der Waals surface area contributed by atoms with Gasteiger partial charge in [-0.15, -0.1) is 0 Å². The number of aliphatic hydroxyl groups excluding tert-OH is 1. The molecule has 6 heteroatoms. The quantitative estimate of drug-likeness (QED) is 0.766. The first-order valence-corrected chi connectivity index (χ1v) is 3.72. The summed E-state index contributed by atoms with van der Waals surface area (Å²) in [5.74, 6) is -1.38. The maximum atomic E-state index is 12.9. The predicted molar refractivity (Wildman–Crippen MR) is 41.6 cm³/mol. The van der Waals surface area contributed by atoms with Gasteiger partial charge in [-0.1, -0.05) is 0 Å². The third-order valence-electron chi connectivity index (χ3n) is 1.65. The van der Waals surface area contributed by atoms with Crippen molar-refractivity contribution in [3.8, 4) is 5.75 Å². The first-order chi connectivity index (χ1) is 6.60. The van der Waals surface area contributed by atoms with Gasteiger partial charge in [0.15, 0.2) is 5.75 Å². The zero-order valence-electron chi connectivity index (χ0n) is 7.30. The first-order valence-electron chi connectivity index (χ1n) is 3.72. The summed E-state index contributed by atoms with van der Waals surface area (Å²) in [7, 11) is 1.18. The number of hydrogen-bond donors (Lipinski definition) is 1. The second-order valence-corrected chi connectivity index (χ2v) is 2.48. The van der Waals surface area contributed by atoms with E-state index in [0.717, 1.165) is 6.07 Å². The summed E-state index contributed by atoms with van der Waals surface area (Å²) in [6.45, 7) is -0.636. The lowest BCUT2D eigenvalue weighted by atomic mass is 10.2. The number of hydrogen-bond acceptors (Lipinski definition) is 3. The lowest BCUT2D eigenvalue weighted by molar-refractivity contribution is 0.139. The number of methoxy groups -OCH3 is 1. The molecule has 1 rings (SSSR count). The van der Waals surface area contributed by atoms with Gasteiger partial charge in [0.25, 0.3) is 12.4 Å². The highest BCUT2D eigenvalue weighted by Gasteiger charge is 2.18. The van der Waals surface area contributed by atoms with Crippen molar-refractivity contribution in [2.24, 2.45) is 0 Å². The molecule has 0 bridgehead atoms. The van der Waals surface area contributed by atoms with Crippen molar-refractivity contribution in [2.75, 3.05) is 7.11 Å². The summed E-state index contributed by atoms with van der Waals surface area (Å²) < 4.78 is 41.9. The van der Waals surface area contributed by atoms with Crippen molar-refractivity contribution in [3.63, 3.8) is 0 Å². The number of ether oxygens (including phenoxy) is 1. The fourth-order valence-corrected chi connectivity index (χ4v) is 0.983. The molecule has 0 unspecified atom stereocenters.